The minimum atomic E-state index is -0.314. The van der Waals surface area contributed by atoms with E-state index in [4.69, 9.17) is 4.74 Å². The second kappa shape index (κ2) is 2.92. The monoisotopic (exact) mass is 168 g/mol. The molecule has 0 aromatic heterocycles. The summed E-state index contributed by atoms with van der Waals surface area (Å²) in [6, 6.07) is 0. The van der Waals surface area contributed by atoms with Crippen LogP contribution in [0.3, 0.4) is 0 Å². The van der Waals surface area contributed by atoms with Crippen molar-refractivity contribution in [2.75, 3.05) is 0 Å². The first kappa shape index (κ1) is 9.30. The van der Waals surface area contributed by atoms with Gasteiger partial charge in [0, 0.05) is 12.5 Å². The van der Waals surface area contributed by atoms with Gasteiger partial charge in [0.2, 0.25) is 0 Å². The van der Waals surface area contributed by atoms with Crippen molar-refractivity contribution >= 4 is 5.97 Å². The smallest absolute Gasteiger partial charge is 0.331 e. The van der Waals surface area contributed by atoms with Gasteiger partial charge in [-0.2, -0.15) is 0 Å². The van der Waals surface area contributed by atoms with Gasteiger partial charge in [0.1, 0.15) is 5.60 Å². The molecule has 68 valence electrons. The summed E-state index contributed by atoms with van der Waals surface area (Å²) >= 11 is 0. The zero-order valence-corrected chi connectivity index (χ0v) is 8.18. The normalized spacial score (nSPS) is 22.1. The Morgan fingerprint density at radius 3 is 2.50 bits per heavy atom. The molecule has 0 bridgehead atoms. The highest BCUT2D eigenvalue weighted by molar-refractivity contribution is 5.84. The summed E-state index contributed by atoms with van der Waals surface area (Å²) in [7, 11) is 0. The van der Waals surface area contributed by atoms with Crippen molar-refractivity contribution < 1.29 is 9.53 Å². The van der Waals surface area contributed by atoms with Crippen LogP contribution in [0.4, 0.5) is 0 Å². The van der Waals surface area contributed by atoms with Crippen LogP contribution < -0.4 is 0 Å². The molecule has 1 heterocycles. The fourth-order valence-electron chi connectivity index (χ4n) is 1.40. The predicted octanol–water partition coefficient (Wildman–Crippen LogP) is 2.29. The van der Waals surface area contributed by atoms with E-state index >= 15 is 0 Å². The van der Waals surface area contributed by atoms with Crippen molar-refractivity contribution in [1.29, 1.82) is 0 Å². The van der Waals surface area contributed by atoms with Gasteiger partial charge in [-0.15, -0.1) is 0 Å². The van der Waals surface area contributed by atoms with Gasteiger partial charge in [-0.05, 0) is 19.8 Å². The molecule has 1 rings (SSSR count). The summed E-state index contributed by atoms with van der Waals surface area (Å²) < 4.78 is 5.14. The topological polar surface area (TPSA) is 26.3 Å². The Morgan fingerprint density at radius 2 is 2.08 bits per heavy atom. The van der Waals surface area contributed by atoms with E-state index in [2.05, 4.69) is 13.8 Å². The van der Waals surface area contributed by atoms with Crippen LogP contribution in [0.5, 0.6) is 0 Å². The van der Waals surface area contributed by atoms with Crippen molar-refractivity contribution in [2.24, 2.45) is 5.92 Å². The molecule has 0 aromatic carbocycles. The summed E-state index contributed by atoms with van der Waals surface area (Å²) in [5, 5.41) is 0. The van der Waals surface area contributed by atoms with E-state index in [1.807, 2.05) is 13.8 Å². The number of rotatable bonds is 1. The summed E-state index contributed by atoms with van der Waals surface area (Å²) in [6.07, 6.45) is 2.48. The molecule has 0 fully saturated rings. The average Bonchev–Trinajstić information content (AvgIpc) is 1.82. The minimum absolute atomic E-state index is 0.199. The van der Waals surface area contributed by atoms with Gasteiger partial charge in [0.15, 0.2) is 0 Å². The van der Waals surface area contributed by atoms with Gasteiger partial charge in [0.25, 0.3) is 0 Å². The third-order valence-corrected chi connectivity index (χ3v) is 2.05. The van der Waals surface area contributed by atoms with E-state index in [-0.39, 0.29) is 11.6 Å². The largest absolute Gasteiger partial charge is 0.456 e. The second-order valence-corrected chi connectivity index (χ2v) is 4.23. The van der Waals surface area contributed by atoms with Crippen molar-refractivity contribution in [3.05, 3.63) is 11.6 Å². The SMILES string of the molecule is CC(C)C1=CC(=O)OC(C)(C)C1. The molecule has 0 atom stereocenters. The number of esters is 1. The lowest BCUT2D eigenvalue weighted by atomic mass is 9.89. The summed E-state index contributed by atoms with van der Waals surface area (Å²) in [5.74, 6) is 0.243. The van der Waals surface area contributed by atoms with Crippen LogP contribution in [-0.2, 0) is 9.53 Å². The van der Waals surface area contributed by atoms with E-state index in [1.54, 1.807) is 6.08 Å². The Balaban J connectivity index is 2.84. The fraction of sp³-hybridized carbons (Fsp3) is 0.700. The Bertz CT molecular complexity index is 224. The van der Waals surface area contributed by atoms with Crippen LogP contribution in [0, 0.1) is 5.92 Å². The first-order chi connectivity index (χ1) is 5.41. The van der Waals surface area contributed by atoms with Crippen LogP contribution in [-0.4, -0.2) is 11.6 Å². The van der Waals surface area contributed by atoms with E-state index in [0.29, 0.717) is 5.92 Å². The van der Waals surface area contributed by atoms with E-state index in [0.717, 1.165) is 6.42 Å². The van der Waals surface area contributed by atoms with Crippen LogP contribution in [0.15, 0.2) is 11.6 Å². The second-order valence-electron chi connectivity index (χ2n) is 4.23. The number of ether oxygens (including phenoxy) is 1. The van der Waals surface area contributed by atoms with E-state index in [1.165, 1.54) is 5.57 Å². The van der Waals surface area contributed by atoms with Gasteiger partial charge in [-0.25, -0.2) is 4.79 Å². The highest BCUT2D eigenvalue weighted by atomic mass is 16.6. The summed E-state index contributed by atoms with van der Waals surface area (Å²) in [4.78, 5) is 11.1. The number of hydrogen-bond donors (Lipinski definition) is 0. The lowest BCUT2D eigenvalue weighted by molar-refractivity contribution is -0.152. The summed E-state index contributed by atoms with van der Waals surface area (Å²) in [5.41, 5.74) is 0.877. The molecule has 1 aliphatic heterocycles. The quantitative estimate of drug-likeness (QED) is 0.561. The molecule has 0 amide bonds. The molecular formula is C10H16O2. The van der Waals surface area contributed by atoms with Gasteiger partial charge < -0.3 is 4.74 Å². The molecule has 0 saturated heterocycles. The molecule has 2 heteroatoms. The molecule has 1 aliphatic rings. The van der Waals surface area contributed by atoms with Crippen molar-refractivity contribution in [2.45, 2.75) is 39.7 Å². The van der Waals surface area contributed by atoms with Crippen molar-refractivity contribution in [3.63, 3.8) is 0 Å². The number of cyclic esters (lactones) is 1. The Kier molecular flexibility index (Phi) is 2.27. The van der Waals surface area contributed by atoms with Crippen LogP contribution in [0.25, 0.3) is 0 Å². The summed E-state index contributed by atoms with van der Waals surface area (Å²) in [6.45, 7) is 8.08. The molecule has 0 aliphatic carbocycles. The van der Waals surface area contributed by atoms with Gasteiger partial charge in [-0.1, -0.05) is 19.4 Å². The lowest BCUT2D eigenvalue weighted by Crippen LogP contribution is -2.32. The zero-order chi connectivity index (χ0) is 9.35. The zero-order valence-electron chi connectivity index (χ0n) is 8.18. The highest BCUT2D eigenvalue weighted by Gasteiger charge is 2.29. The molecule has 2 nitrogen and oxygen atoms in total. The van der Waals surface area contributed by atoms with Crippen molar-refractivity contribution in [1.82, 2.24) is 0 Å². The molecule has 0 spiro atoms. The van der Waals surface area contributed by atoms with Crippen LogP contribution >= 0.6 is 0 Å². The molecule has 0 unspecified atom stereocenters. The molecular weight excluding hydrogens is 152 g/mol. The first-order valence-electron chi connectivity index (χ1n) is 4.34. The number of carbonyl (C=O) groups excluding carboxylic acids is 1. The fourth-order valence-corrected chi connectivity index (χ4v) is 1.40. The highest BCUT2D eigenvalue weighted by Crippen LogP contribution is 2.29. The molecule has 0 radical (unpaired) electrons. The standard InChI is InChI=1S/C10H16O2/c1-7(2)8-5-9(11)12-10(3,4)6-8/h5,7H,6H2,1-4H3. The Morgan fingerprint density at radius 1 is 1.50 bits per heavy atom. The third kappa shape index (κ3) is 2.10. The maximum Gasteiger partial charge on any atom is 0.331 e. The third-order valence-electron chi connectivity index (χ3n) is 2.05. The molecule has 0 aromatic rings. The Labute approximate surface area is 73.6 Å². The van der Waals surface area contributed by atoms with E-state index in [9.17, 15) is 4.79 Å². The van der Waals surface area contributed by atoms with Gasteiger partial charge in [0.05, 0.1) is 0 Å². The van der Waals surface area contributed by atoms with E-state index < -0.39 is 0 Å². The first-order valence-corrected chi connectivity index (χ1v) is 4.34. The average molecular weight is 168 g/mol. The number of carbonyl (C=O) groups is 1. The van der Waals surface area contributed by atoms with Crippen molar-refractivity contribution in [3.8, 4) is 0 Å². The van der Waals surface area contributed by atoms with Gasteiger partial charge >= 0.3 is 5.97 Å². The maximum absolute atomic E-state index is 11.1. The van der Waals surface area contributed by atoms with Gasteiger partial charge in [-0.3, -0.25) is 0 Å². The lowest BCUT2D eigenvalue weighted by Gasteiger charge is -2.31. The predicted molar refractivity (Wildman–Crippen MR) is 47.7 cm³/mol. The molecule has 12 heavy (non-hydrogen) atoms. The molecule has 0 saturated carbocycles. The number of hydrogen-bond acceptors (Lipinski definition) is 2. The minimum Gasteiger partial charge on any atom is -0.456 e. The Hall–Kier alpha value is -0.790. The van der Waals surface area contributed by atoms with Crippen LogP contribution in [0.2, 0.25) is 0 Å². The maximum atomic E-state index is 11.1. The molecule has 0 N–H and O–H groups in total. The van der Waals surface area contributed by atoms with Crippen LogP contribution in [0.1, 0.15) is 34.1 Å².